The highest BCUT2D eigenvalue weighted by Crippen LogP contribution is 2.28. The van der Waals surface area contributed by atoms with Gasteiger partial charge in [0.25, 0.3) is 0 Å². The Bertz CT molecular complexity index is 783. The summed E-state index contributed by atoms with van der Waals surface area (Å²) in [5.74, 6) is 0.176. The van der Waals surface area contributed by atoms with Crippen molar-refractivity contribution in [3.63, 3.8) is 0 Å². The van der Waals surface area contributed by atoms with Gasteiger partial charge in [0.1, 0.15) is 11.6 Å². The van der Waals surface area contributed by atoms with Crippen LogP contribution in [0.15, 0.2) is 48.5 Å². The predicted octanol–water partition coefficient (Wildman–Crippen LogP) is 4.36. The number of methoxy groups -OCH3 is 1. The standard InChI is InChI=1S/C17H14FNO/c1-11-9-17(19-16-6-4-3-5-13(11)16)14-8-7-12(20-2)10-15(14)18/h3-10H,1-2H3. The molecule has 0 atom stereocenters. The number of nitrogens with zero attached hydrogens (tertiary/aromatic N) is 1. The molecular formula is C17H14FNO. The number of fused-ring (bicyclic) bond motifs is 1. The molecule has 20 heavy (non-hydrogen) atoms. The molecule has 0 saturated carbocycles. The molecule has 3 aromatic rings. The van der Waals surface area contributed by atoms with E-state index in [0.29, 0.717) is 17.0 Å². The Kier molecular flexibility index (Phi) is 3.11. The maximum Gasteiger partial charge on any atom is 0.136 e. The normalized spacial score (nSPS) is 10.8. The summed E-state index contributed by atoms with van der Waals surface area (Å²) in [7, 11) is 1.52. The molecule has 2 nitrogen and oxygen atoms in total. The maximum absolute atomic E-state index is 14.1. The van der Waals surface area contributed by atoms with Crippen molar-refractivity contribution in [2.45, 2.75) is 6.92 Å². The van der Waals surface area contributed by atoms with Gasteiger partial charge in [0.05, 0.1) is 18.3 Å². The first-order chi connectivity index (χ1) is 9.69. The van der Waals surface area contributed by atoms with Crippen LogP contribution in [-0.4, -0.2) is 12.1 Å². The zero-order valence-electron chi connectivity index (χ0n) is 11.4. The lowest BCUT2D eigenvalue weighted by atomic mass is 10.0. The second-order valence-corrected chi connectivity index (χ2v) is 4.69. The fraction of sp³-hybridized carbons (Fsp3) is 0.118. The van der Waals surface area contributed by atoms with Crippen LogP contribution in [-0.2, 0) is 0 Å². The van der Waals surface area contributed by atoms with Crippen LogP contribution in [0.3, 0.4) is 0 Å². The number of para-hydroxylation sites is 1. The highest BCUT2D eigenvalue weighted by atomic mass is 19.1. The molecule has 0 aliphatic rings. The summed E-state index contributed by atoms with van der Waals surface area (Å²) in [5, 5.41) is 1.09. The quantitative estimate of drug-likeness (QED) is 0.688. The molecule has 3 rings (SSSR count). The molecule has 2 aromatic carbocycles. The van der Waals surface area contributed by atoms with E-state index in [0.717, 1.165) is 16.5 Å². The Morgan fingerprint density at radius 2 is 1.85 bits per heavy atom. The van der Waals surface area contributed by atoms with Gasteiger partial charge in [0.15, 0.2) is 0 Å². The fourth-order valence-electron chi connectivity index (χ4n) is 2.32. The summed E-state index contributed by atoms with van der Waals surface area (Å²) in [6, 6.07) is 14.6. The largest absolute Gasteiger partial charge is 0.497 e. The third-order valence-corrected chi connectivity index (χ3v) is 3.38. The maximum atomic E-state index is 14.1. The SMILES string of the molecule is COc1ccc(-c2cc(C)c3ccccc3n2)c(F)c1. The number of hydrogen-bond donors (Lipinski definition) is 0. The molecular weight excluding hydrogens is 253 g/mol. The summed E-state index contributed by atoms with van der Waals surface area (Å²) >= 11 is 0. The average Bonchev–Trinajstić information content (AvgIpc) is 2.47. The van der Waals surface area contributed by atoms with Gasteiger partial charge in [-0.1, -0.05) is 18.2 Å². The lowest BCUT2D eigenvalue weighted by Gasteiger charge is -2.08. The molecule has 0 fully saturated rings. The Labute approximate surface area is 116 Å². The highest BCUT2D eigenvalue weighted by Gasteiger charge is 2.10. The first kappa shape index (κ1) is 12.6. The Balaban J connectivity index is 2.19. The van der Waals surface area contributed by atoms with E-state index in [9.17, 15) is 4.39 Å². The monoisotopic (exact) mass is 267 g/mol. The van der Waals surface area contributed by atoms with Crippen molar-refractivity contribution in [3.05, 3.63) is 59.9 Å². The van der Waals surface area contributed by atoms with Gasteiger partial charge >= 0.3 is 0 Å². The minimum atomic E-state index is -0.327. The van der Waals surface area contributed by atoms with E-state index in [4.69, 9.17) is 4.74 Å². The van der Waals surface area contributed by atoms with Crippen LogP contribution >= 0.6 is 0 Å². The van der Waals surface area contributed by atoms with Crippen LogP contribution < -0.4 is 4.74 Å². The number of hydrogen-bond acceptors (Lipinski definition) is 2. The van der Waals surface area contributed by atoms with E-state index in [1.807, 2.05) is 37.3 Å². The third kappa shape index (κ3) is 2.11. The van der Waals surface area contributed by atoms with Crippen LogP contribution in [0.4, 0.5) is 4.39 Å². The van der Waals surface area contributed by atoms with E-state index >= 15 is 0 Å². The molecule has 1 aromatic heterocycles. The number of benzene rings is 2. The molecule has 100 valence electrons. The first-order valence-corrected chi connectivity index (χ1v) is 6.39. The van der Waals surface area contributed by atoms with E-state index in [1.165, 1.54) is 13.2 Å². The van der Waals surface area contributed by atoms with Crippen molar-refractivity contribution < 1.29 is 9.13 Å². The van der Waals surface area contributed by atoms with Crippen LogP contribution in [0.2, 0.25) is 0 Å². The van der Waals surface area contributed by atoms with E-state index in [2.05, 4.69) is 4.98 Å². The minimum absolute atomic E-state index is 0.327. The number of halogens is 1. The number of ether oxygens (including phenoxy) is 1. The molecule has 3 heteroatoms. The topological polar surface area (TPSA) is 22.1 Å². The molecule has 1 heterocycles. The van der Waals surface area contributed by atoms with E-state index in [1.54, 1.807) is 12.1 Å². The third-order valence-electron chi connectivity index (χ3n) is 3.38. The van der Waals surface area contributed by atoms with E-state index < -0.39 is 0 Å². The smallest absolute Gasteiger partial charge is 0.136 e. The van der Waals surface area contributed by atoms with Crippen molar-refractivity contribution in [3.8, 4) is 17.0 Å². The molecule has 0 aliphatic carbocycles. The van der Waals surface area contributed by atoms with Crippen molar-refractivity contribution in [2.75, 3.05) is 7.11 Å². The molecule has 0 bridgehead atoms. The van der Waals surface area contributed by atoms with Gasteiger partial charge in [-0.15, -0.1) is 0 Å². The van der Waals surface area contributed by atoms with Gasteiger partial charge in [-0.25, -0.2) is 9.37 Å². The van der Waals surface area contributed by atoms with Crippen molar-refractivity contribution in [1.29, 1.82) is 0 Å². The Hall–Kier alpha value is -2.42. The van der Waals surface area contributed by atoms with Crippen molar-refractivity contribution >= 4 is 10.9 Å². The van der Waals surface area contributed by atoms with Gasteiger partial charge in [0, 0.05) is 17.0 Å². The highest BCUT2D eigenvalue weighted by molar-refractivity contribution is 5.85. The fourth-order valence-corrected chi connectivity index (χ4v) is 2.32. The molecule has 0 saturated heterocycles. The summed E-state index contributed by atoms with van der Waals surface area (Å²) in [6.07, 6.45) is 0. The van der Waals surface area contributed by atoms with Gasteiger partial charge in [0.2, 0.25) is 0 Å². The zero-order chi connectivity index (χ0) is 14.1. The van der Waals surface area contributed by atoms with Crippen molar-refractivity contribution in [2.24, 2.45) is 0 Å². The van der Waals surface area contributed by atoms with Crippen LogP contribution in [0.5, 0.6) is 5.75 Å². The molecule has 0 N–H and O–H groups in total. The average molecular weight is 267 g/mol. The van der Waals surface area contributed by atoms with Crippen LogP contribution in [0.1, 0.15) is 5.56 Å². The summed E-state index contributed by atoms with van der Waals surface area (Å²) < 4.78 is 19.2. The predicted molar refractivity (Wildman–Crippen MR) is 78.4 cm³/mol. The van der Waals surface area contributed by atoms with Gasteiger partial charge in [-0.3, -0.25) is 0 Å². The Morgan fingerprint density at radius 3 is 2.60 bits per heavy atom. The summed E-state index contributed by atoms with van der Waals surface area (Å²) in [6.45, 7) is 2.01. The Morgan fingerprint density at radius 1 is 1.05 bits per heavy atom. The van der Waals surface area contributed by atoms with Gasteiger partial charge in [-0.05, 0) is 36.8 Å². The lowest BCUT2D eigenvalue weighted by molar-refractivity contribution is 0.411. The second kappa shape index (κ2) is 4.93. The molecule has 0 unspecified atom stereocenters. The molecule has 0 aliphatic heterocycles. The second-order valence-electron chi connectivity index (χ2n) is 4.69. The summed E-state index contributed by atoms with van der Waals surface area (Å²) in [4.78, 5) is 4.54. The number of pyridine rings is 1. The molecule has 0 radical (unpaired) electrons. The molecule has 0 spiro atoms. The van der Waals surface area contributed by atoms with E-state index in [-0.39, 0.29) is 5.82 Å². The lowest BCUT2D eigenvalue weighted by Crippen LogP contribution is -1.92. The number of rotatable bonds is 2. The van der Waals surface area contributed by atoms with Gasteiger partial charge < -0.3 is 4.74 Å². The number of aryl methyl sites for hydroxylation is 1. The van der Waals surface area contributed by atoms with Crippen LogP contribution in [0, 0.1) is 12.7 Å². The zero-order valence-corrected chi connectivity index (χ0v) is 11.4. The van der Waals surface area contributed by atoms with Crippen molar-refractivity contribution in [1.82, 2.24) is 4.98 Å². The van der Waals surface area contributed by atoms with Crippen LogP contribution in [0.25, 0.3) is 22.2 Å². The molecule has 0 amide bonds. The minimum Gasteiger partial charge on any atom is -0.497 e. The van der Waals surface area contributed by atoms with Gasteiger partial charge in [-0.2, -0.15) is 0 Å². The summed E-state index contributed by atoms with van der Waals surface area (Å²) in [5.41, 5.74) is 3.08. The first-order valence-electron chi connectivity index (χ1n) is 6.39. The number of aromatic nitrogens is 1.